The van der Waals surface area contributed by atoms with Crippen molar-refractivity contribution >= 4 is 0 Å². The molecule has 0 aliphatic heterocycles. The van der Waals surface area contributed by atoms with Crippen LogP contribution in [0.4, 0.5) is 4.39 Å². The van der Waals surface area contributed by atoms with E-state index < -0.39 is 0 Å². The molecule has 0 saturated heterocycles. The first kappa shape index (κ1) is 13.7. The third-order valence-electron chi connectivity index (χ3n) is 2.81. The Morgan fingerprint density at radius 1 is 0.947 bits per heavy atom. The molecule has 3 heteroatoms. The zero-order valence-corrected chi connectivity index (χ0v) is 10.8. The van der Waals surface area contributed by atoms with Gasteiger partial charge in [0.05, 0.1) is 13.2 Å². The SMILES string of the molecule is Fc1ccccc1COCCNCc1ccccc1. The standard InChI is InChI=1S/C16H18FNO/c17-16-9-5-4-8-15(16)13-19-11-10-18-12-14-6-2-1-3-7-14/h1-9,18H,10-13H2. The van der Waals surface area contributed by atoms with E-state index in [0.717, 1.165) is 13.1 Å². The van der Waals surface area contributed by atoms with Crippen LogP contribution in [0.3, 0.4) is 0 Å². The fourth-order valence-corrected chi connectivity index (χ4v) is 1.77. The molecule has 2 rings (SSSR count). The molecule has 0 unspecified atom stereocenters. The van der Waals surface area contributed by atoms with Crippen molar-refractivity contribution in [3.8, 4) is 0 Å². The predicted octanol–water partition coefficient (Wildman–Crippen LogP) is 3.13. The predicted molar refractivity (Wildman–Crippen MR) is 74.2 cm³/mol. The summed E-state index contributed by atoms with van der Waals surface area (Å²) in [4.78, 5) is 0. The van der Waals surface area contributed by atoms with Gasteiger partial charge in [-0.15, -0.1) is 0 Å². The third-order valence-corrected chi connectivity index (χ3v) is 2.81. The van der Waals surface area contributed by atoms with Crippen LogP contribution in [0, 0.1) is 5.82 Å². The number of nitrogens with one attached hydrogen (secondary N) is 1. The van der Waals surface area contributed by atoms with Gasteiger partial charge >= 0.3 is 0 Å². The molecule has 0 amide bonds. The van der Waals surface area contributed by atoms with Crippen molar-refractivity contribution in [2.75, 3.05) is 13.2 Å². The van der Waals surface area contributed by atoms with Gasteiger partial charge in [-0.25, -0.2) is 4.39 Å². The van der Waals surface area contributed by atoms with E-state index in [1.807, 2.05) is 24.3 Å². The Morgan fingerprint density at radius 3 is 2.47 bits per heavy atom. The molecule has 0 spiro atoms. The van der Waals surface area contributed by atoms with Crippen LogP contribution in [0.15, 0.2) is 54.6 Å². The van der Waals surface area contributed by atoms with Gasteiger partial charge in [0, 0.05) is 18.7 Å². The normalized spacial score (nSPS) is 10.6. The van der Waals surface area contributed by atoms with Crippen molar-refractivity contribution in [1.82, 2.24) is 5.32 Å². The molecule has 0 atom stereocenters. The Morgan fingerprint density at radius 2 is 1.68 bits per heavy atom. The molecule has 0 heterocycles. The lowest BCUT2D eigenvalue weighted by atomic mass is 10.2. The summed E-state index contributed by atoms with van der Waals surface area (Å²) in [6.07, 6.45) is 0. The third kappa shape index (κ3) is 4.81. The molecule has 0 aliphatic rings. The van der Waals surface area contributed by atoms with Crippen molar-refractivity contribution in [3.05, 3.63) is 71.5 Å². The number of halogens is 1. The van der Waals surface area contributed by atoms with Gasteiger partial charge < -0.3 is 10.1 Å². The summed E-state index contributed by atoms with van der Waals surface area (Å²) < 4.78 is 18.7. The van der Waals surface area contributed by atoms with Gasteiger partial charge in [0.2, 0.25) is 0 Å². The summed E-state index contributed by atoms with van der Waals surface area (Å²) in [6, 6.07) is 16.9. The highest BCUT2D eigenvalue weighted by atomic mass is 19.1. The Balaban J connectivity index is 1.59. The van der Waals surface area contributed by atoms with Gasteiger partial charge in [0.25, 0.3) is 0 Å². The highest BCUT2D eigenvalue weighted by molar-refractivity contribution is 5.16. The summed E-state index contributed by atoms with van der Waals surface area (Å²) in [5.74, 6) is -0.209. The molecule has 0 aromatic heterocycles. The van der Waals surface area contributed by atoms with Crippen LogP contribution in [-0.4, -0.2) is 13.2 Å². The lowest BCUT2D eigenvalue weighted by Crippen LogP contribution is -2.19. The summed E-state index contributed by atoms with van der Waals surface area (Å²) in [6.45, 7) is 2.47. The van der Waals surface area contributed by atoms with Gasteiger partial charge in [-0.1, -0.05) is 48.5 Å². The maximum Gasteiger partial charge on any atom is 0.128 e. The molecule has 2 aromatic rings. The Labute approximate surface area is 113 Å². The van der Waals surface area contributed by atoms with E-state index in [0.29, 0.717) is 18.8 Å². The van der Waals surface area contributed by atoms with Gasteiger partial charge in [-0.05, 0) is 11.6 Å². The number of ether oxygens (including phenoxy) is 1. The molecule has 0 bridgehead atoms. The van der Waals surface area contributed by atoms with Crippen LogP contribution in [-0.2, 0) is 17.9 Å². The average Bonchev–Trinajstić information content (AvgIpc) is 2.45. The van der Waals surface area contributed by atoms with E-state index in [2.05, 4.69) is 17.4 Å². The summed E-state index contributed by atoms with van der Waals surface area (Å²) >= 11 is 0. The van der Waals surface area contributed by atoms with E-state index in [1.165, 1.54) is 11.6 Å². The van der Waals surface area contributed by atoms with Crippen molar-refractivity contribution in [1.29, 1.82) is 0 Å². The molecule has 0 aliphatic carbocycles. The Hall–Kier alpha value is -1.71. The molecular formula is C16H18FNO. The highest BCUT2D eigenvalue weighted by Crippen LogP contribution is 2.07. The van der Waals surface area contributed by atoms with Crippen LogP contribution in [0.1, 0.15) is 11.1 Å². The first-order valence-electron chi connectivity index (χ1n) is 6.42. The average molecular weight is 259 g/mol. The maximum atomic E-state index is 13.3. The smallest absolute Gasteiger partial charge is 0.128 e. The number of rotatable bonds is 7. The molecule has 1 N–H and O–H groups in total. The molecule has 0 fully saturated rings. The van der Waals surface area contributed by atoms with E-state index in [1.54, 1.807) is 12.1 Å². The van der Waals surface area contributed by atoms with Gasteiger partial charge in [-0.3, -0.25) is 0 Å². The number of hydrogen-bond acceptors (Lipinski definition) is 2. The summed E-state index contributed by atoms with van der Waals surface area (Å²) in [5, 5.41) is 3.28. The fourth-order valence-electron chi connectivity index (χ4n) is 1.77. The molecule has 0 saturated carbocycles. The summed E-state index contributed by atoms with van der Waals surface area (Å²) in [5.41, 5.74) is 1.85. The minimum atomic E-state index is -0.209. The second kappa shape index (κ2) is 7.67. The Kier molecular flexibility index (Phi) is 5.53. The van der Waals surface area contributed by atoms with Crippen LogP contribution < -0.4 is 5.32 Å². The minimum Gasteiger partial charge on any atom is -0.375 e. The van der Waals surface area contributed by atoms with E-state index >= 15 is 0 Å². The maximum absolute atomic E-state index is 13.3. The minimum absolute atomic E-state index is 0.209. The van der Waals surface area contributed by atoms with E-state index in [4.69, 9.17) is 4.74 Å². The monoisotopic (exact) mass is 259 g/mol. The summed E-state index contributed by atoms with van der Waals surface area (Å²) in [7, 11) is 0. The van der Waals surface area contributed by atoms with E-state index in [9.17, 15) is 4.39 Å². The van der Waals surface area contributed by atoms with Crippen molar-refractivity contribution < 1.29 is 9.13 Å². The first-order valence-corrected chi connectivity index (χ1v) is 6.42. The quantitative estimate of drug-likeness (QED) is 0.771. The lowest BCUT2D eigenvalue weighted by Gasteiger charge is -2.07. The largest absolute Gasteiger partial charge is 0.375 e. The molecule has 19 heavy (non-hydrogen) atoms. The topological polar surface area (TPSA) is 21.3 Å². The van der Waals surface area contributed by atoms with Crippen LogP contribution in [0.5, 0.6) is 0 Å². The molecular weight excluding hydrogens is 241 g/mol. The second-order valence-electron chi connectivity index (χ2n) is 4.31. The van der Waals surface area contributed by atoms with Gasteiger partial charge in [0.1, 0.15) is 5.82 Å². The lowest BCUT2D eigenvalue weighted by molar-refractivity contribution is 0.120. The number of hydrogen-bond donors (Lipinski definition) is 1. The fraction of sp³-hybridized carbons (Fsp3) is 0.250. The zero-order chi connectivity index (χ0) is 13.3. The first-order chi connectivity index (χ1) is 9.36. The van der Waals surface area contributed by atoms with Crippen LogP contribution >= 0.6 is 0 Å². The number of benzene rings is 2. The highest BCUT2D eigenvalue weighted by Gasteiger charge is 1.99. The zero-order valence-electron chi connectivity index (χ0n) is 10.8. The van der Waals surface area contributed by atoms with Gasteiger partial charge in [0.15, 0.2) is 0 Å². The second-order valence-corrected chi connectivity index (χ2v) is 4.31. The van der Waals surface area contributed by atoms with Gasteiger partial charge in [-0.2, -0.15) is 0 Å². The molecule has 100 valence electrons. The van der Waals surface area contributed by atoms with Crippen molar-refractivity contribution in [3.63, 3.8) is 0 Å². The van der Waals surface area contributed by atoms with Crippen molar-refractivity contribution in [2.45, 2.75) is 13.2 Å². The molecule has 0 radical (unpaired) electrons. The molecule has 2 aromatic carbocycles. The van der Waals surface area contributed by atoms with Crippen LogP contribution in [0.2, 0.25) is 0 Å². The Bertz CT molecular complexity index is 487. The van der Waals surface area contributed by atoms with E-state index in [-0.39, 0.29) is 5.82 Å². The molecule has 2 nitrogen and oxygen atoms in total. The van der Waals surface area contributed by atoms with Crippen LogP contribution in [0.25, 0.3) is 0 Å². The van der Waals surface area contributed by atoms with Crippen molar-refractivity contribution in [2.24, 2.45) is 0 Å².